The van der Waals surface area contributed by atoms with Crippen LogP contribution in [0.3, 0.4) is 0 Å². The number of piperidine rings is 1. The van der Waals surface area contributed by atoms with Gasteiger partial charge in [-0.2, -0.15) is 10.1 Å². The zero-order valence-corrected chi connectivity index (χ0v) is 20.6. The van der Waals surface area contributed by atoms with Crippen molar-refractivity contribution >= 4 is 32.7 Å². The first-order valence-electron chi connectivity index (χ1n) is 11.9. The molecule has 1 aliphatic rings. The Morgan fingerprint density at radius 1 is 1.20 bits per heavy atom. The molecule has 1 atom stereocenters. The van der Waals surface area contributed by atoms with Gasteiger partial charge >= 0.3 is 0 Å². The van der Waals surface area contributed by atoms with Crippen LogP contribution < -0.4 is 15.0 Å². The minimum atomic E-state index is -0.284. The van der Waals surface area contributed by atoms with Gasteiger partial charge in [-0.05, 0) is 68.7 Å². The molecule has 182 valence electrons. The Bertz CT molecular complexity index is 1320. The maximum Gasteiger partial charge on any atom is 0.225 e. The maximum absolute atomic E-state index is 13.4. The Morgan fingerprint density at radius 2 is 1.97 bits per heavy atom. The van der Waals surface area contributed by atoms with E-state index in [0.717, 1.165) is 57.6 Å². The monoisotopic (exact) mass is 493 g/mol. The topological polar surface area (TPSA) is 72.3 Å². The highest BCUT2D eigenvalue weighted by Crippen LogP contribution is 2.34. The van der Waals surface area contributed by atoms with Crippen LogP contribution >= 0.6 is 11.3 Å². The van der Waals surface area contributed by atoms with Gasteiger partial charge in [0.1, 0.15) is 11.6 Å². The van der Waals surface area contributed by atoms with Crippen LogP contribution in [0.2, 0.25) is 0 Å². The number of halogens is 1. The van der Waals surface area contributed by atoms with Gasteiger partial charge in [0.2, 0.25) is 5.91 Å². The van der Waals surface area contributed by atoms with Crippen molar-refractivity contribution in [1.82, 2.24) is 20.1 Å². The summed E-state index contributed by atoms with van der Waals surface area (Å²) in [6.45, 7) is 6.54. The van der Waals surface area contributed by atoms with Crippen molar-refractivity contribution < 1.29 is 13.9 Å². The molecule has 0 aliphatic carbocycles. The van der Waals surface area contributed by atoms with Gasteiger partial charge in [-0.25, -0.2) is 9.07 Å². The molecular formula is C26H28FN5O2S. The van der Waals surface area contributed by atoms with Crippen molar-refractivity contribution in [3.63, 3.8) is 0 Å². The number of nitrogens with zero attached hydrogens (tertiary/aromatic N) is 4. The summed E-state index contributed by atoms with van der Waals surface area (Å²) in [7, 11) is 0. The van der Waals surface area contributed by atoms with Crippen LogP contribution in [0.25, 0.3) is 16.0 Å². The molecular weight excluding hydrogens is 465 g/mol. The first kappa shape index (κ1) is 23.3. The first-order valence-corrected chi connectivity index (χ1v) is 12.7. The summed E-state index contributed by atoms with van der Waals surface area (Å²) in [6.07, 6.45) is 1.79. The molecule has 0 radical (unpaired) electrons. The van der Waals surface area contributed by atoms with Crippen LogP contribution in [0.5, 0.6) is 5.75 Å². The lowest BCUT2D eigenvalue weighted by molar-refractivity contribution is -0.125. The number of thiazole rings is 1. The summed E-state index contributed by atoms with van der Waals surface area (Å²) < 4.78 is 21.6. The number of carbonyl (C=O) groups excluding carboxylic acids is 1. The van der Waals surface area contributed by atoms with Crippen LogP contribution in [-0.4, -0.2) is 40.4 Å². The summed E-state index contributed by atoms with van der Waals surface area (Å²) in [5.74, 6) is 0.527. The quantitative estimate of drug-likeness (QED) is 0.398. The fourth-order valence-corrected chi connectivity index (χ4v) is 5.41. The number of anilines is 1. The molecule has 1 amide bonds. The highest BCUT2D eigenvalue weighted by Gasteiger charge is 2.28. The van der Waals surface area contributed by atoms with E-state index >= 15 is 0 Å². The minimum Gasteiger partial charge on any atom is -0.494 e. The molecule has 4 aromatic rings. The van der Waals surface area contributed by atoms with Crippen molar-refractivity contribution in [3.8, 4) is 11.4 Å². The van der Waals surface area contributed by atoms with Crippen LogP contribution in [0.1, 0.15) is 31.0 Å². The second-order valence-corrected chi connectivity index (χ2v) is 9.68. The molecule has 0 bridgehead atoms. The lowest BCUT2D eigenvalue weighted by Gasteiger charge is -2.31. The Balaban J connectivity index is 1.27. The molecule has 7 nitrogen and oxygen atoms in total. The van der Waals surface area contributed by atoms with Crippen molar-refractivity contribution in [2.24, 2.45) is 5.92 Å². The average Bonchev–Trinajstić information content (AvgIpc) is 3.45. The lowest BCUT2D eigenvalue weighted by Crippen LogP contribution is -2.43. The molecule has 1 saturated heterocycles. The van der Waals surface area contributed by atoms with Gasteiger partial charge in [0.25, 0.3) is 0 Å². The maximum atomic E-state index is 13.4. The summed E-state index contributed by atoms with van der Waals surface area (Å²) in [6, 6.07) is 14.1. The van der Waals surface area contributed by atoms with E-state index in [9.17, 15) is 9.18 Å². The van der Waals surface area contributed by atoms with Gasteiger partial charge < -0.3 is 15.0 Å². The zero-order valence-electron chi connectivity index (χ0n) is 19.8. The molecule has 35 heavy (non-hydrogen) atoms. The van der Waals surface area contributed by atoms with E-state index in [0.29, 0.717) is 19.7 Å². The fraction of sp³-hybridized carbons (Fsp3) is 0.346. The van der Waals surface area contributed by atoms with E-state index in [-0.39, 0.29) is 17.6 Å². The number of benzene rings is 2. The molecule has 0 saturated carbocycles. The number of nitrogens with one attached hydrogen (secondary N) is 1. The van der Waals surface area contributed by atoms with Gasteiger partial charge in [0.05, 0.1) is 28.6 Å². The molecule has 2 aromatic heterocycles. The molecule has 3 heterocycles. The molecule has 1 aliphatic heterocycles. The van der Waals surface area contributed by atoms with Gasteiger partial charge in [0, 0.05) is 19.6 Å². The highest BCUT2D eigenvalue weighted by atomic mass is 32.1. The largest absolute Gasteiger partial charge is 0.494 e. The molecule has 9 heteroatoms. The van der Waals surface area contributed by atoms with E-state index < -0.39 is 0 Å². The number of ether oxygens (including phenoxy) is 1. The third-order valence-electron chi connectivity index (χ3n) is 6.21. The van der Waals surface area contributed by atoms with Crippen LogP contribution in [-0.2, 0) is 11.3 Å². The van der Waals surface area contributed by atoms with Gasteiger partial charge in [0.15, 0.2) is 10.8 Å². The third-order valence-corrected chi connectivity index (χ3v) is 7.43. The standard InChI is InChI=1S/C26H28FN5O2S/c1-3-34-22-12-6-18(7-13-22)15-28-25(33)19-5-4-14-31(16-19)26-29-24-23(35-26)17(2)30-32(24)21-10-8-20(27)9-11-21/h6-13,19H,3-5,14-16H2,1-2H3,(H,28,33)/t19-/m1/s1. The SMILES string of the molecule is CCOc1ccc(CNC(=O)[C@@H]2CCCN(c3nc4c(s3)c(C)nn4-c3ccc(F)cc3)C2)cc1. The van der Waals surface area contributed by atoms with Crippen LogP contribution in [0.15, 0.2) is 48.5 Å². The average molecular weight is 494 g/mol. The van der Waals surface area contributed by atoms with Crippen LogP contribution in [0.4, 0.5) is 9.52 Å². The zero-order chi connectivity index (χ0) is 24.4. The molecule has 1 N–H and O–H groups in total. The minimum absolute atomic E-state index is 0.0679. The first-order chi connectivity index (χ1) is 17.0. The lowest BCUT2D eigenvalue weighted by atomic mass is 9.97. The molecule has 0 spiro atoms. The van der Waals surface area contributed by atoms with E-state index in [2.05, 4.69) is 15.3 Å². The highest BCUT2D eigenvalue weighted by molar-refractivity contribution is 7.22. The van der Waals surface area contributed by atoms with Crippen molar-refractivity contribution in [3.05, 3.63) is 65.6 Å². The molecule has 2 aromatic carbocycles. The second kappa shape index (κ2) is 10.0. The Morgan fingerprint density at radius 3 is 2.71 bits per heavy atom. The number of aryl methyl sites for hydroxylation is 1. The predicted octanol–water partition coefficient (Wildman–Crippen LogP) is 4.86. The number of carbonyl (C=O) groups is 1. The normalized spacial score (nSPS) is 16.0. The third kappa shape index (κ3) is 5.00. The second-order valence-electron chi connectivity index (χ2n) is 8.70. The Kier molecular flexibility index (Phi) is 6.68. The van der Waals surface area contributed by atoms with E-state index in [1.54, 1.807) is 28.2 Å². The summed E-state index contributed by atoms with van der Waals surface area (Å²) in [5.41, 5.74) is 3.46. The van der Waals surface area contributed by atoms with E-state index in [4.69, 9.17) is 9.72 Å². The number of hydrogen-bond donors (Lipinski definition) is 1. The number of rotatable bonds is 7. The molecule has 5 rings (SSSR count). The van der Waals surface area contributed by atoms with Gasteiger partial charge in [-0.15, -0.1) is 0 Å². The van der Waals surface area contributed by atoms with Crippen molar-refractivity contribution in [2.75, 3.05) is 24.6 Å². The van der Waals surface area contributed by atoms with Crippen molar-refractivity contribution in [1.29, 1.82) is 0 Å². The van der Waals surface area contributed by atoms with E-state index in [1.165, 1.54) is 12.1 Å². The summed E-state index contributed by atoms with van der Waals surface area (Å²) in [4.78, 5) is 20.0. The van der Waals surface area contributed by atoms with Gasteiger partial charge in [-0.1, -0.05) is 23.5 Å². The number of fused-ring (bicyclic) bond motifs is 1. The smallest absolute Gasteiger partial charge is 0.225 e. The molecule has 0 unspecified atom stereocenters. The number of aromatic nitrogens is 3. The predicted molar refractivity (Wildman–Crippen MR) is 136 cm³/mol. The Hall–Kier alpha value is -3.46. The van der Waals surface area contributed by atoms with Gasteiger partial charge in [-0.3, -0.25) is 4.79 Å². The van der Waals surface area contributed by atoms with Crippen molar-refractivity contribution in [2.45, 2.75) is 33.2 Å². The summed E-state index contributed by atoms with van der Waals surface area (Å²) >= 11 is 1.59. The summed E-state index contributed by atoms with van der Waals surface area (Å²) in [5, 5.41) is 8.58. The number of hydrogen-bond acceptors (Lipinski definition) is 6. The van der Waals surface area contributed by atoms with Crippen LogP contribution in [0, 0.1) is 18.7 Å². The van der Waals surface area contributed by atoms with E-state index in [1.807, 2.05) is 38.1 Å². The Labute approximate surface area is 207 Å². The number of amides is 1. The fourth-order valence-electron chi connectivity index (χ4n) is 4.39. The molecule has 1 fully saturated rings.